The number of aromatic nitrogens is 4. The molecule has 0 aliphatic rings. The van der Waals surface area contributed by atoms with Gasteiger partial charge in [0.1, 0.15) is 0 Å². The maximum Gasteiger partial charge on any atom is 0.295 e. The molecule has 2 aromatic heterocycles. The highest BCUT2D eigenvalue weighted by molar-refractivity contribution is 5.44. The van der Waals surface area contributed by atoms with Gasteiger partial charge in [-0.15, -0.1) is 0 Å². The summed E-state index contributed by atoms with van der Waals surface area (Å²) in [5.74, 6) is 0.749. The topological polar surface area (TPSA) is 76.7 Å². The molecule has 0 radical (unpaired) electrons. The molecule has 0 unspecified atom stereocenters. The van der Waals surface area contributed by atoms with Crippen LogP contribution in [0, 0.1) is 0 Å². The summed E-state index contributed by atoms with van der Waals surface area (Å²) in [4.78, 5) is 11.9. The van der Waals surface area contributed by atoms with Crippen molar-refractivity contribution in [3.05, 3.63) is 18.7 Å². The Morgan fingerprint density at radius 3 is 2.54 bits per heavy atom. The molecule has 0 bridgehead atoms. The first-order valence-electron chi connectivity index (χ1n) is 3.67. The lowest BCUT2D eigenvalue weighted by Gasteiger charge is -1.97. The molecule has 13 heavy (non-hydrogen) atoms. The predicted molar refractivity (Wildman–Crippen MR) is 44.9 cm³/mol. The van der Waals surface area contributed by atoms with Crippen LogP contribution in [0.1, 0.15) is 0 Å². The molecule has 0 saturated carbocycles. The third-order valence-corrected chi connectivity index (χ3v) is 1.49. The fourth-order valence-electron chi connectivity index (χ4n) is 0.839. The maximum atomic E-state index is 4.79. The minimum absolute atomic E-state index is 0.322. The van der Waals surface area contributed by atoms with Crippen molar-refractivity contribution in [2.45, 2.75) is 0 Å². The average molecular weight is 177 g/mol. The molecule has 0 aliphatic heterocycles. The minimum atomic E-state index is 0.322. The Kier molecular flexibility index (Phi) is 1.87. The van der Waals surface area contributed by atoms with Crippen LogP contribution < -0.4 is 5.32 Å². The van der Waals surface area contributed by atoms with Crippen molar-refractivity contribution in [3.63, 3.8) is 0 Å². The normalized spacial score (nSPS) is 9.92. The number of nitrogens with zero attached hydrogens (tertiary/aromatic N) is 4. The lowest BCUT2D eigenvalue weighted by atomic mass is 10.5. The van der Waals surface area contributed by atoms with E-state index < -0.39 is 0 Å². The minimum Gasteiger partial charge on any atom is -0.386 e. The van der Waals surface area contributed by atoms with Crippen LogP contribution in [0.25, 0.3) is 11.7 Å². The quantitative estimate of drug-likeness (QED) is 0.722. The average Bonchev–Trinajstić information content (AvgIpc) is 2.71. The van der Waals surface area contributed by atoms with E-state index in [4.69, 9.17) is 4.52 Å². The molecule has 2 rings (SSSR count). The highest BCUT2D eigenvalue weighted by Gasteiger charge is 2.05. The van der Waals surface area contributed by atoms with Gasteiger partial charge in [0.2, 0.25) is 5.82 Å². The number of nitrogens with one attached hydrogen (secondary N) is 1. The largest absolute Gasteiger partial charge is 0.386 e. The second-order valence-electron chi connectivity index (χ2n) is 2.29. The van der Waals surface area contributed by atoms with E-state index in [0.29, 0.717) is 11.7 Å². The van der Waals surface area contributed by atoms with E-state index in [9.17, 15) is 0 Å². The van der Waals surface area contributed by atoms with Crippen LogP contribution >= 0.6 is 0 Å². The van der Waals surface area contributed by atoms with Crippen molar-refractivity contribution in [3.8, 4) is 11.7 Å². The van der Waals surface area contributed by atoms with Crippen LogP contribution in [0.15, 0.2) is 23.2 Å². The van der Waals surface area contributed by atoms with E-state index in [-0.39, 0.29) is 0 Å². The fourth-order valence-corrected chi connectivity index (χ4v) is 0.839. The van der Waals surface area contributed by atoms with E-state index in [1.165, 1.54) is 6.33 Å². The molecule has 2 aromatic rings. The summed E-state index contributed by atoms with van der Waals surface area (Å²) < 4.78 is 4.79. The summed E-state index contributed by atoms with van der Waals surface area (Å²) >= 11 is 0. The molecule has 0 spiro atoms. The van der Waals surface area contributed by atoms with E-state index in [2.05, 4.69) is 25.4 Å². The Balaban J connectivity index is 2.33. The smallest absolute Gasteiger partial charge is 0.295 e. The van der Waals surface area contributed by atoms with Gasteiger partial charge >= 0.3 is 0 Å². The SMILES string of the molecule is CNc1cnc(-c2ncno2)nc1. The zero-order chi connectivity index (χ0) is 9.10. The van der Waals surface area contributed by atoms with Crippen molar-refractivity contribution >= 4 is 5.69 Å². The molecule has 0 amide bonds. The molecule has 0 atom stereocenters. The van der Waals surface area contributed by atoms with Gasteiger partial charge in [0, 0.05) is 7.05 Å². The van der Waals surface area contributed by atoms with Crippen molar-refractivity contribution in [2.24, 2.45) is 0 Å². The summed E-state index contributed by atoms with van der Waals surface area (Å²) in [6.07, 6.45) is 4.60. The first-order valence-corrected chi connectivity index (χ1v) is 3.67. The molecule has 0 fully saturated rings. The number of hydrogen-bond acceptors (Lipinski definition) is 6. The Morgan fingerprint density at radius 2 is 2.00 bits per heavy atom. The lowest BCUT2D eigenvalue weighted by Crippen LogP contribution is -1.93. The molecule has 6 nitrogen and oxygen atoms in total. The summed E-state index contributed by atoms with van der Waals surface area (Å²) in [6, 6.07) is 0. The van der Waals surface area contributed by atoms with Gasteiger partial charge in [-0.3, -0.25) is 0 Å². The standard InChI is InChI=1S/C7H7N5O/c1-8-5-2-9-6(10-3-5)7-11-4-12-13-7/h2-4,8H,1H3. The Morgan fingerprint density at radius 1 is 1.23 bits per heavy atom. The monoisotopic (exact) mass is 177 g/mol. The fraction of sp³-hybridized carbons (Fsp3) is 0.143. The molecule has 0 aliphatic carbocycles. The third-order valence-electron chi connectivity index (χ3n) is 1.49. The number of hydrogen-bond donors (Lipinski definition) is 1. The van der Waals surface area contributed by atoms with Crippen LogP contribution in [0.5, 0.6) is 0 Å². The van der Waals surface area contributed by atoms with Gasteiger partial charge in [-0.2, -0.15) is 4.98 Å². The van der Waals surface area contributed by atoms with Crippen LogP contribution in [-0.2, 0) is 0 Å². The van der Waals surface area contributed by atoms with E-state index >= 15 is 0 Å². The van der Waals surface area contributed by atoms with Gasteiger partial charge in [-0.25, -0.2) is 9.97 Å². The second kappa shape index (κ2) is 3.18. The molecule has 0 saturated heterocycles. The summed E-state index contributed by atoms with van der Waals surface area (Å²) in [5, 5.41) is 6.37. The number of anilines is 1. The first kappa shape index (κ1) is 7.66. The molecule has 1 N–H and O–H groups in total. The maximum absolute atomic E-state index is 4.79. The predicted octanol–water partition coefficient (Wildman–Crippen LogP) is 0.568. The zero-order valence-electron chi connectivity index (χ0n) is 6.93. The lowest BCUT2D eigenvalue weighted by molar-refractivity contribution is 0.427. The summed E-state index contributed by atoms with van der Waals surface area (Å²) in [5.41, 5.74) is 0.836. The Bertz CT molecular complexity index is 368. The van der Waals surface area contributed by atoms with E-state index in [1.807, 2.05) is 0 Å². The molecular formula is C7H7N5O. The molecule has 66 valence electrons. The molecule has 2 heterocycles. The summed E-state index contributed by atoms with van der Waals surface area (Å²) in [7, 11) is 1.80. The Labute approximate surface area is 74.0 Å². The van der Waals surface area contributed by atoms with Crippen LogP contribution in [-0.4, -0.2) is 27.2 Å². The van der Waals surface area contributed by atoms with Gasteiger partial charge in [0.05, 0.1) is 18.1 Å². The molecule has 6 heteroatoms. The van der Waals surface area contributed by atoms with Gasteiger partial charge < -0.3 is 9.84 Å². The number of rotatable bonds is 2. The first-order chi connectivity index (χ1) is 6.40. The van der Waals surface area contributed by atoms with Crippen molar-refractivity contribution in [2.75, 3.05) is 12.4 Å². The second-order valence-corrected chi connectivity index (χ2v) is 2.29. The highest BCUT2D eigenvalue weighted by Crippen LogP contribution is 2.10. The van der Waals surface area contributed by atoms with Gasteiger partial charge in [0.25, 0.3) is 5.89 Å². The highest BCUT2D eigenvalue weighted by atomic mass is 16.5. The zero-order valence-corrected chi connectivity index (χ0v) is 6.93. The Hall–Kier alpha value is -1.98. The third kappa shape index (κ3) is 1.46. The van der Waals surface area contributed by atoms with Crippen LogP contribution in [0.3, 0.4) is 0 Å². The summed E-state index contributed by atoms with van der Waals surface area (Å²) in [6.45, 7) is 0. The van der Waals surface area contributed by atoms with Gasteiger partial charge in [-0.1, -0.05) is 5.16 Å². The van der Waals surface area contributed by atoms with Crippen LogP contribution in [0.2, 0.25) is 0 Å². The van der Waals surface area contributed by atoms with Gasteiger partial charge in [0.15, 0.2) is 6.33 Å². The van der Waals surface area contributed by atoms with Crippen LogP contribution in [0.4, 0.5) is 5.69 Å². The van der Waals surface area contributed by atoms with Gasteiger partial charge in [-0.05, 0) is 0 Å². The van der Waals surface area contributed by atoms with E-state index in [0.717, 1.165) is 5.69 Å². The molecular weight excluding hydrogens is 170 g/mol. The van der Waals surface area contributed by atoms with E-state index in [1.54, 1.807) is 19.4 Å². The van der Waals surface area contributed by atoms with Crippen molar-refractivity contribution < 1.29 is 4.52 Å². The van der Waals surface area contributed by atoms with Crippen molar-refractivity contribution in [1.82, 2.24) is 20.1 Å². The van der Waals surface area contributed by atoms with Crippen molar-refractivity contribution in [1.29, 1.82) is 0 Å². The molecule has 0 aromatic carbocycles.